The molecule has 0 bridgehead atoms. The highest BCUT2D eigenvalue weighted by Gasteiger charge is 2.26. The average Bonchev–Trinajstić information content (AvgIpc) is 2.17. The predicted molar refractivity (Wildman–Crippen MR) is 48.0 cm³/mol. The van der Waals surface area contributed by atoms with Crippen LogP contribution in [0.1, 0.15) is 12.8 Å². The zero-order valence-electron chi connectivity index (χ0n) is 7.21. The highest BCUT2D eigenvalue weighted by atomic mass is 16.3. The zero-order chi connectivity index (χ0) is 8.39. The van der Waals surface area contributed by atoms with E-state index in [1.165, 1.54) is 5.57 Å². The summed E-state index contributed by atoms with van der Waals surface area (Å²) in [5, 5.41) is 15.9. The van der Waals surface area contributed by atoms with Crippen molar-refractivity contribution in [1.82, 2.24) is 10.6 Å². The van der Waals surface area contributed by atoms with E-state index in [1.54, 1.807) is 0 Å². The molecule has 2 aliphatic rings. The van der Waals surface area contributed by atoms with E-state index in [0.717, 1.165) is 25.9 Å². The van der Waals surface area contributed by atoms with Crippen molar-refractivity contribution in [1.29, 1.82) is 0 Å². The van der Waals surface area contributed by atoms with Crippen LogP contribution in [0, 0.1) is 0 Å². The first-order valence-corrected chi connectivity index (χ1v) is 4.65. The summed E-state index contributed by atoms with van der Waals surface area (Å²) in [4.78, 5) is 0. The maximum absolute atomic E-state index is 8.96. The van der Waals surface area contributed by atoms with E-state index in [4.69, 9.17) is 5.11 Å². The molecule has 1 fully saturated rings. The molecule has 12 heavy (non-hydrogen) atoms. The Bertz CT molecular complexity index is 191. The molecule has 0 spiro atoms. The number of hydrogen-bond donors (Lipinski definition) is 3. The van der Waals surface area contributed by atoms with Crippen LogP contribution in [-0.4, -0.2) is 36.9 Å². The van der Waals surface area contributed by atoms with Crippen LogP contribution in [0.5, 0.6) is 0 Å². The fourth-order valence-electron chi connectivity index (χ4n) is 2.05. The first kappa shape index (κ1) is 8.23. The Morgan fingerprint density at radius 1 is 1.33 bits per heavy atom. The van der Waals surface area contributed by atoms with Gasteiger partial charge in [0.15, 0.2) is 0 Å². The third-order valence-electron chi connectivity index (χ3n) is 2.77. The van der Waals surface area contributed by atoms with Gasteiger partial charge < -0.3 is 15.7 Å². The molecule has 2 rings (SSSR count). The Morgan fingerprint density at radius 2 is 2.08 bits per heavy atom. The first-order chi connectivity index (χ1) is 5.90. The number of hydrogen-bond acceptors (Lipinski definition) is 3. The highest BCUT2D eigenvalue weighted by Crippen LogP contribution is 2.19. The molecule has 0 aromatic carbocycles. The van der Waals surface area contributed by atoms with Gasteiger partial charge in [0.1, 0.15) is 0 Å². The van der Waals surface area contributed by atoms with Gasteiger partial charge in [-0.25, -0.2) is 0 Å². The smallest absolute Gasteiger partial charge is 0.0642 e. The van der Waals surface area contributed by atoms with E-state index in [-0.39, 0.29) is 6.61 Å². The van der Waals surface area contributed by atoms with Gasteiger partial charge in [-0.2, -0.15) is 0 Å². The molecule has 2 unspecified atom stereocenters. The van der Waals surface area contributed by atoms with Crippen LogP contribution >= 0.6 is 0 Å². The largest absolute Gasteiger partial charge is 0.392 e. The van der Waals surface area contributed by atoms with Crippen molar-refractivity contribution in [2.75, 3.05) is 19.7 Å². The van der Waals surface area contributed by atoms with Crippen molar-refractivity contribution in [2.24, 2.45) is 0 Å². The maximum atomic E-state index is 8.96. The number of fused-ring (bicyclic) bond motifs is 1. The molecule has 1 aliphatic heterocycles. The van der Waals surface area contributed by atoms with Gasteiger partial charge in [-0.3, -0.25) is 0 Å². The van der Waals surface area contributed by atoms with Crippen molar-refractivity contribution in [3.63, 3.8) is 0 Å². The zero-order valence-corrected chi connectivity index (χ0v) is 7.21. The molecule has 3 N–H and O–H groups in total. The molecule has 3 heteroatoms. The molecule has 0 aromatic rings. The molecule has 1 aliphatic carbocycles. The van der Waals surface area contributed by atoms with Crippen LogP contribution in [0.4, 0.5) is 0 Å². The minimum atomic E-state index is 0.227. The highest BCUT2D eigenvalue weighted by molar-refractivity contribution is 5.13. The average molecular weight is 168 g/mol. The van der Waals surface area contributed by atoms with E-state index in [2.05, 4.69) is 16.7 Å². The summed E-state index contributed by atoms with van der Waals surface area (Å²) >= 11 is 0. The summed E-state index contributed by atoms with van der Waals surface area (Å²) < 4.78 is 0. The molecule has 1 saturated heterocycles. The quantitative estimate of drug-likeness (QED) is 0.468. The van der Waals surface area contributed by atoms with Gasteiger partial charge in [0.2, 0.25) is 0 Å². The topological polar surface area (TPSA) is 44.3 Å². The fraction of sp³-hybridized carbons (Fsp3) is 0.778. The fourth-order valence-corrected chi connectivity index (χ4v) is 2.05. The minimum absolute atomic E-state index is 0.227. The summed E-state index contributed by atoms with van der Waals surface area (Å²) in [5.74, 6) is 0. The molecule has 2 atom stereocenters. The summed E-state index contributed by atoms with van der Waals surface area (Å²) in [6, 6.07) is 1.14. The molecule has 0 aromatic heterocycles. The third kappa shape index (κ3) is 1.53. The number of rotatable bonds is 1. The molecule has 68 valence electrons. The Balaban J connectivity index is 2.00. The van der Waals surface area contributed by atoms with E-state index < -0.39 is 0 Å². The van der Waals surface area contributed by atoms with Gasteiger partial charge >= 0.3 is 0 Å². The number of piperazine rings is 1. The molecule has 0 saturated carbocycles. The van der Waals surface area contributed by atoms with E-state index in [0.29, 0.717) is 12.1 Å². The molecule has 3 nitrogen and oxygen atoms in total. The van der Waals surface area contributed by atoms with Crippen molar-refractivity contribution in [2.45, 2.75) is 24.9 Å². The lowest BCUT2D eigenvalue weighted by atomic mass is 9.89. The Kier molecular flexibility index (Phi) is 2.44. The second-order valence-corrected chi connectivity index (χ2v) is 3.58. The van der Waals surface area contributed by atoms with Gasteiger partial charge in [0, 0.05) is 25.2 Å². The SMILES string of the molecule is OCC1=CCC2NCCNC2C1. The molecular weight excluding hydrogens is 152 g/mol. The summed E-state index contributed by atoms with van der Waals surface area (Å²) in [7, 11) is 0. The third-order valence-corrected chi connectivity index (χ3v) is 2.77. The van der Waals surface area contributed by atoms with Gasteiger partial charge in [0.05, 0.1) is 6.61 Å². The maximum Gasteiger partial charge on any atom is 0.0642 e. The van der Waals surface area contributed by atoms with Crippen molar-refractivity contribution in [3.8, 4) is 0 Å². The van der Waals surface area contributed by atoms with Crippen LogP contribution in [0.2, 0.25) is 0 Å². The normalized spacial score (nSPS) is 35.6. The summed E-state index contributed by atoms with van der Waals surface area (Å²) in [6.45, 7) is 2.36. The van der Waals surface area contributed by atoms with Crippen LogP contribution in [0.3, 0.4) is 0 Å². The van der Waals surface area contributed by atoms with Crippen LogP contribution in [-0.2, 0) is 0 Å². The molecule has 0 amide bonds. The molecule has 1 heterocycles. The van der Waals surface area contributed by atoms with Crippen LogP contribution < -0.4 is 10.6 Å². The monoisotopic (exact) mass is 168 g/mol. The Hall–Kier alpha value is -0.380. The van der Waals surface area contributed by atoms with Gasteiger partial charge in [-0.05, 0) is 18.4 Å². The number of aliphatic hydroxyl groups is 1. The van der Waals surface area contributed by atoms with Crippen molar-refractivity contribution >= 4 is 0 Å². The number of nitrogens with one attached hydrogen (secondary N) is 2. The second-order valence-electron chi connectivity index (χ2n) is 3.58. The standard InChI is InChI=1S/C9H16N2O/c12-6-7-1-2-8-9(5-7)11-4-3-10-8/h1,8-12H,2-6H2. The van der Waals surface area contributed by atoms with Crippen molar-refractivity contribution in [3.05, 3.63) is 11.6 Å². The van der Waals surface area contributed by atoms with Gasteiger partial charge in [-0.15, -0.1) is 0 Å². The molecule has 0 radical (unpaired) electrons. The predicted octanol–water partition coefficient (Wildman–Crippen LogP) is -0.371. The lowest BCUT2D eigenvalue weighted by Gasteiger charge is -2.36. The first-order valence-electron chi connectivity index (χ1n) is 4.65. The van der Waals surface area contributed by atoms with Crippen molar-refractivity contribution < 1.29 is 5.11 Å². The lowest BCUT2D eigenvalue weighted by Crippen LogP contribution is -2.56. The Morgan fingerprint density at radius 3 is 2.83 bits per heavy atom. The van der Waals surface area contributed by atoms with E-state index in [1.807, 2.05) is 0 Å². The second kappa shape index (κ2) is 3.56. The lowest BCUT2D eigenvalue weighted by molar-refractivity contribution is 0.277. The summed E-state index contributed by atoms with van der Waals surface area (Å²) in [6.07, 6.45) is 4.24. The minimum Gasteiger partial charge on any atom is -0.392 e. The van der Waals surface area contributed by atoms with Crippen LogP contribution in [0.25, 0.3) is 0 Å². The Labute approximate surface area is 72.9 Å². The van der Waals surface area contributed by atoms with E-state index >= 15 is 0 Å². The summed E-state index contributed by atoms with van der Waals surface area (Å²) in [5.41, 5.74) is 1.19. The number of aliphatic hydroxyl groups excluding tert-OH is 1. The van der Waals surface area contributed by atoms with Crippen LogP contribution in [0.15, 0.2) is 11.6 Å². The van der Waals surface area contributed by atoms with Gasteiger partial charge in [-0.1, -0.05) is 6.08 Å². The van der Waals surface area contributed by atoms with E-state index in [9.17, 15) is 0 Å². The van der Waals surface area contributed by atoms with Gasteiger partial charge in [0.25, 0.3) is 0 Å². The molecular formula is C9H16N2O.